The fourth-order valence-corrected chi connectivity index (χ4v) is 3.48. The Morgan fingerprint density at radius 2 is 2.12 bits per heavy atom. The van der Waals surface area contributed by atoms with Crippen molar-refractivity contribution in [1.82, 2.24) is 20.0 Å². The monoisotopic (exact) mass is 343 g/mol. The lowest BCUT2D eigenvalue weighted by molar-refractivity contribution is -0.135. The molecule has 1 saturated heterocycles. The normalized spacial score (nSPS) is 17.8. The first-order valence-electron chi connectivity index (χ1n) is 8.79. The lowest BCUT2D eigenvalue weighted by atomic mass is 10.00. The van der Waals surface area contributed by atoms with Crippen LogP contribution >= 0.6 is 0 Å². The van der Waals surface area contributed by atoms with Crippen LogP contribution in [0.2, 0.25) is 0 Å². The SMILES string of the molecule is Cc1cc(-c2c(C)noc2C)nc([C@@H]2CCCCN2C(=O)CCN)n1. The van der Waals surface area contributed by atoms with E-state index in [0.717, 1.165) is 54.2 Å². The molecule has 0 radical (unpaired) electrons. The van der Waals surface area contributed by atoms with Crippen molar-refractivity contribution in [3.63, 3.8) is 0 Å². The first-order chi connectivity index (χ1) is 12.0. The molecule has 0 bridgehead atoms. The van der Waals surface area contributed by atoms with E-state index >= 15 is 0 Å². The van der Waals surface area contributed by atoms with Gasteiger partial charge in [-0.3, -0.25) is 4.79 Å². The molecule has 2 N–H and O–H groups in total. The number of aromatic nitrogens is 3. The number of nitrogens with zero attached hydrogens (tertiary/aromatic N) is 4. The van der Waals surface area contributed by atoms with Crippen LogP contribution in [0.1, 0.15) is 54.7 Å². The third-order valence-electron chi connectivity index (χ3n) is 4.64. The number of hydrogen-bond acceptors (Lipinski definition) is 6. The average molecular weight is 343 g/mol. The second-order valence-electron chi connectivity index (χ2n) is 6.59. The molecule has 0 aromatic carbocycles. The lowest BCUT2D eigenvalue weighted by Crippen LogP contribution is -2.40. The predicted molar refractivity (Wildman–Crippen MR) is 93.7 cm³/mol. The maximum Gasteiger partial charge on any atom is 0.224 e. The van der Waals surface area contributed by atoms with Gasteiger partial charge in [0.1, 0.15) is 5.76 Å². The van der Waals surface area contributed by atoms with Crippen molar-refractivity contribution >= 4 is 5.91 Å². The number of rotatable bonds is 4. The molecule has 2 aromatic rings. The zero-order chi connectivity index (χ0) is 18.0. The molecule has 0 aliphatic carbocycles. The summed E-state index contributed by atoms with van der Waals surface area (Å²) in [7, 11) is 0. The molecular weight excluding hydrogens is 318 g/mol. The number of carbonyl (C=O) groups excluding carboxylic acids is 1. The van der Waals surface area contributed by atoms with Crippen LogP contribution in [0.25, 0.3) is 11.3 Å². The summed E-state index contributed by atoms with van der Waals surface area (Å²) in [5.74, 6) is 1.51. The van der Waals surface area contributed by atoms with E-state index in [0.29, 0.717) is 18.8 Å². The van der Waals surface area contributed by atoms with Crippen molar-refractivity contribution in [3.05, 3.63) is 29.0 Å². The molecule has 0 spiro atoms. The van der Waals surface area contributed by atoms with Crippen LogP contribution in [0.15, 0.2) is 10.6 Å². The van der Waals surface area contributed by atoms with Crippen molar-refractivity contribution < 1.29 is 9.32 Å². The second kappa shape index (κ2) is 7.31. The number of likely N-dealkylation sites (tertiary alicyclic amines) is 1. The Bertz CT molecular complexity index is 751. The van der Waals surface area contributed by atoms with Gasteiger partial charge < -0.3 is 15.2 Å². The number of aryl methyl sites for hydroxylation is 3. The lowest BCUT2D eigenvalue weighted by Gasteiger charge is -2.35. The minimum atomic E-state index is -0.0908. The second-order valence-corrected chi connectivity index (χ2v) is 6.59. The van der Waals surface area contributed by atoms with Crippen LogP contribution in [0.3, 0.4) is 0 Å². The summed E-state index contributed by atoms with van der Waals surface area (Å²) in [5, 5.41) is 4.02. The third-order valence-corrected chi connectivity index (χ3v) is 4.64. The van der Waals surface area contributed by atoms with E-state index in [1.54, 1.807) is 0 Å². The molecule has 1 aliphatic rings. The van der Waals surface area contributed by atoms with Gasteiger partial charge in [-0.05, 0) is 46.1 Å². The third kappa shape index (κ3) is 3.56. The number of amides is 1. The van der Waals surface area contributed by atoms with Crippen molar-refractivity contribution in [2.45, 2.75) is 52.5 Å². The molecule has 1 aliphatic heterocycles. The highest BCUT2D eigenvalue weighted by Gasteiger charge is 2.30. The Labute approximate surface area is 147 Å². The maximum absolute atomic E-state index is 12.5. The van der Waals surface area contributed by atoms with Crippen LogP contribution in [-0.2, 0) is 4.79 Å². The van der Waals surface area contributed by atoms with Gasteiger partial charge in [0.05, 0.1) is 23.0 Å². The van der Waals surface area contributed by atoms with Gasteiger partial charge in [-0.25, -0.2) is 9.97 Å². The van der Waals surface area contributed by atoms with Crippen LogP contribution < -0.4 is 5.73 Å². The van der Waals surface area contributed by atoms with Gasteiger partial charge >= 0.3 is 0 Å². The van der Waals surface area contributed by atoms with Crippen LogP contribution in [0.4, 0.5) is 0 Å². The van der Waals surface area contributed by atoms with Crippen LogP contribution in [-0.4, -0.2) is 39.0 Å². The fraction of sp³-hybridized carbons (Fsp3) is 0.556. The zero-order valence-corrected chi connectivity index (χ0v) is 15.1. The Morgan fingerprint density at radius 1 is 1.32 bits per heavy atom. The number of nitrogens with two attached hydrogens (primary N) is 1. The number of hydrogen-bond donors (Lipinski definition) is 1. The quantitative estimate of drug-likeness (QED) is 0.915. The molecule has 25 heavy (non-hydrogen) atoms. The van der Waals surface area contributed by atoms with Gasteiger partial charge in [-0.2, -0.15) is 0 Å². The fourth-order valence-electron chi connectivity index (χ4n) is 3.48. The molecule has 7 heteroatoms. The summed E-state index contributed by atoms with van der Waals surface area (Å²) in [6.45, 7) is 6.83. The van der Waals surface area contributed by atoms with Gasteiger partial charge in [0.2, 0.25) is 5.91 Å². The molecule has 2 aromatic heterocycles. The van der Waals surface area contributed by atoms with E-state index in [2.05, 4.69) is 10.1 Å². The summed E-state index contributed by atoms with van der Waals surface area (Å²) in [6.07, 6.45) is 3.31. The molecule has 1 atom stereocenters. The molecule has 134 valence electrons. The summed E-state index contributed by atoms with van der Waals surface area (Å²) < 4.78 is 5.28. The highest BCUT2D eigenvalue weighted by Crippen LogP contribution is 2.32. The van der Waals surface area contributed by atoms with Crippen molar-refractivity contribution in [3.8, 4) is 11.3 Å². The molecule has 1 fully saturated rings. The Morgan fingerprint density at radius 3 is 2.80 bits per heavy atom. The number of carbonyl (C=O) groups is 1. The van der Waals surface area contributed by atoms with Gasteiger partial charge in [-0.1, -0.05) is 5.16 Å². The highest BCUT2D eigenvalue weighted by molar-refractivity contribution is 5.77. The van der Waals surface area contributed by atoms with Crippen LogP contribution in [0.5, 0.6) is 0 Å². The first kappa shape index (κ1) is 17.5. The molecule has 1 amide bonds. The van der Waals surface area contributed by atoms with Gasteiger partial charge in [-0.15, -0.1) is 0 Å². The van der Waals surface area contributed by atoms with E-state index in [9.17, 15) is 4.79 Å². The number of piperidine rings is 1. The highest BCUT2D eigenvalue weighted by atomic mass is 16.5. The van der Waals surface area contributed by atoms with Crippen molar-refractivity contribution in [2.75, 3.05) is 13.1 Å². The van der Waals surface area contributed by atoms with E-state index in [1.165, 1.54) is 0 Å². The predicted octanol–water partition coefficient (Wildman–Crippen LogP) is 2.46. The maximum atomic E-state index is 12.5. The Balaban J connectivity index is 2.00. The zero-order valence-electron chi connectivity index (χ0n) is 15.1. The summed E-state index contributed by atoms with van der Waals surface area (Å²) in [4.78, 5) is 23.8. The van der Waals surface area contributed by atoms with E-state index in [4.69, 9.17) is 15.2 Å². The van der Waals surface area contributed by atoms with Crippen molar-refractivity contribution in [1.29, 1.82) is 0 Å². The van der Waals surface area contributed by atoms with E-state index in [1.807, 2.05) is 31.7 Å². The topological polar surface area (TPSA) is 98.1 Å². The van der Waals surface area contributed by atoms with Gasteiger partial charge in [0, 0.05) is 25.2 Å². The largest absolute Gasteiger partial charge is 0.361 e. The summed E-state index contributed by atoms with van der Waals surface area (Å²) >= 11 is 0. The van der Waals surface area contributed by atoms with Gasteiger partial charge in [0.25, 0.3) is 0 Å². The molecule has 0 saturated carbocycles. The van der Waals surface area contributed by atoms with E-state index in [-0.39, 0.29) is 11.9 Å². The minimum absolute atomic E-state index is 0.0798. The minimum Gasteiger partial charge on any atom is -0.361 e. The van der Waals surface area contributed by atoms with Crippen LogP contribution in [0, 0.1) is 20.8 Å². The molecule has 3 heterocycles. The molecule has 0 unspecified atom stereocenters. The Kier molecular flexibility index (Phi) is 5.13. The average Bonchev–Trinajstić information content (AvgIpc) is 2.93. The summed E-state index contributed by atoms with van der Waals surface area (Å²) in [6, 6.07) is 1.84. The first-order valence-corrected chi connectivity index (χ1v) is 8.79. The smallest absolute Gasteiger partial charge is 0.224 e. The molecule has 7 nitrogen and oxygen atoms in total. The van der Waals surface area contributed by atoms with Gasteiger partial charge in [0.15, 0.2) is 5.82 Å². The molecular formula is C18H25N5O2. The standard InChI is InChI=1S/C18H25N5O2/c1-11-10-14(17-12(2)22-25-13(17)3)21-18(20-11)15-6-4-5-9-23(15)16(24)7-8-19/h10,15H,4-9,19H2,1-3H3/t15-/m0/s1. The Hall–Kier alpha value is -2.28. The van der Waals surface area contributed by atoms with Crippen molar-refractivity contribution in [2.24, 2.45) is 5.73 Å². The molecule has 3 rings (SSSR count). The van der Waals surface area contributed by atoms with E-state index < -0.39 is 0 Å². The summed E-state index contributed by atoms with van der Waals surface area (Å²) in [5.41, 5.74) is 8.95.